The number of furan rings is 1. The Labute approximate surface area is 82.8 Å². The number of rotatable bonds is 2. The molecule has 0 unspecified atom stereocenters. The fourth-order valence-electron chi connectivity index (χ4n) is 1.87. The van der Waals surface area contributed by atoms with Crippen molar-refractivity contribution in [2.24, 2.45) is 0 Å². The molecule has 1 heterocycles. The van der Waals surface area contributed by atoms with Gasteiger partial charge in [-0.25, -0.2) is 0 Å². The topological polar surface area (TPSA) is 42.2 Å². The van der Waals surface area contributed by atoms with E-state index in [1.807, 2.05) is 6.07 Å². The van der Waals surface area contributed by atoms with Gasteiger partial charge in [-0.05, 0) is 25.0 Å². The third-order valence-electron chi connectivity index (χ3n) is 2.55. The molecule has 74 valence electrons. The molecule has 0 radical (unpaired) electrons. The predicted molar refractivity (Wildman–Crippen MR) is 52.7 cm³/mol. The molecule has 3 heteroatoms. The van der Waals surface area contributed by atoms with E-state index in [2.05, 4.69) is 11.9 Å². The van der Waals surface area contributed by atoms with E-state index in [0.29, 0.717) is 0 Å². The summed E-state index contributed by atoms with van der Waals surface area (Å²) in [5, 5.41) is 2.89. The lowest BCUT2D eigenvalue weighted by Crippen LogP contribution is -2.28. The second-order valence-corrected chi connectivity index (χ2v) is 3.46. The maximum absolute atomic E-state index is 11.2. The van der Waals surface area contributed by atoms with Crippen LogP contribution >= 0.6 is 0 Å². The minimum atomic E-state index is -0.121. The third-order valence-corrected chi connectivity index (χ3v) is 2.55. The number of hydrogen-bond acceptors (Lipinski definition) is 2. The molecule has 3 nitrogen and oxygen atoms in total. The Bertz CT molecular complexity index is 354. The number of carbonyl (C=O) groups excluding carboxylic acids is 1. The first-order chi connectivity index (χ1) is 6.81. The van der Waals surface area contributed by atoms with Crippen molar-refractivity contribution in [3.05, 3.63) is 36.3 Å². The molecule has 0 saturated carbocycles. The van der Waals surface area contributed by atoms with Gasteiger partial charge in [0, 0.05) is 12.0 Å². The summed E-state index contributed by atoms with van der Waals surface area (Å²) in [6.07, 6.45) is 5.99. The molecule has 0 aliphatic heterocycles. The highest BCUT2D eigenvalue weighted by atomic mass is 16.3. The largest absolute Gasteiger partial charge is 0.469 e. The van der Waals surface area contributed by atoms with Gasteiger partial charge in [-0.3, -0.25) is 4.79 Å². The van der Waals surface area contributed by atoms with Gasteiger partial charge in [0.15, 0.2) is 0 Å². The molecule has 14 heavy (non-hydrogen) atoms. The Hall–Kier alpha value is -1.51. The summed E-state index contributed by atoms with van der Waals surface area (Å²) in [5.41, 5.74) is 1.12. The van der Waals surface area contributed by atoms with E-state index in [-0.39, 0.29) is 11.9 Å². The first-order valence-corrected chi connectivity index (χ1v) is 4.80. The molecule has 0 saturated heterocycles. The monoisotopic (exact) mass is 191 g/mol. The van der Waals surface area contributed by atoms with Crippen LogP contribution in [0.3, 0.4) is 0 Å². The summed E-state index contributed by atoms with van der Waals surface area (Å²) in [6, 6.07) is 2.03. The second kappa shape index (κ2) is 3.70. The number of amides is 1. The van der Waals surface area contributed by atoms with Gasteiger partial charge in [0.1, 0.15) is 5.76 Å². The molecule has 1 atom stereocenters. The van der Waals surface area contributed by atoms with E-state index >= 15 is 0 Å². The van der Waals surface area contributed by atoms with Crippen molar-refractivity contribution in [3.8, 4) is 0 Å². The number of aryl methyl sites for hydroxylation is 1. The Morgan fingerprint density at radius 2 is 2.57 bits per heavy atom. The van der Waals surface area contributed by atoms with Gasteiger partial charge in [-0.15, -0.1) is 0 Å². The van der Waals surface area contributed by atoms with Crippen molar-refractivity contribution < 1.29 is 9.21 Å². The second-order valence-electron chi connectivity index (χ2n) is 3.46. The quantitative estimate of drug-likeness (QED) is 0.726. The maximum Gasteiger partial charge on any atom is 0.243 e. The SMILES string of the molecule is C=CC(=O)N[C@H]1CCCc2occc21. The lowest BCUT2D eigenvalue weighted by molar-refractivity contribution is -0.117. The molecule has 1 aliphatic rings. The van der Waals surface area contributed by atoms with Crippen LogP contribution in [0.4, 0.5) is 0 Å². The molecule has 0 fully saturated rings. The van der Waals surface area contributed by atoms with Crippen LogP contribution in [-0.4, -0.2) is 5.91 Å². The summed E-state index contributed by atoms with van der Waals surface area (Å²) >= 11 is 0. The Balaban J connectivity index is 2.16. The zero-order chi connectivity index (χ0) is 9.97. The number of nitrogens with one attached hydrogen (secondary N) is 1. The van der Waals surface area contributed by atoms with Crippen LogP contribution in [0.5, 0.6) is 0 Å². The van der Waals surface area contributed by atoms with Crippen molar-refractivity contribution in [1.82, 2.24) is 5.32 Å². The van der Waals surface area contributed by atoms with E-state index in [1.165, 1.54) is 6.08 Å². The fraction of sp³-hybridized carbons (Fsp3) is 0.364. The molecule has 0 bridgehead atoms. The summed E-state index contributed by atoms with van der Waals surface area (Å²) in [5.74, 6) is 0.884. The molecule has 2 rings (SSSR count). The molecule has 0 spiro atoms. The van der Waals surface area contributed by atoms with E-state index < -0.39 is 0 Å². The van der Waals surface area contributed by atoms with Gasteiger partial charge in [0.05, 0.1) is 12.3 Å². The highest BCUT2D eigenvalue weighted by molar-refractivity contribution is 5.87. The lowest BCUT2D eigenvalue weighted by atomic mass is 9.93. The zero-order valence-electron chi connectivity index (χ0n) is 7.95. The number of fused-ring (bicyclic) bond motifs is 1. The van der Waals surface area contributed by atoms with Crippen LogP contribution in [0.25, 0.3) is 0 Å². The molecule has 1 amide bonds. The smallest absolute Gasteiger partial charge is 0.243 e. The van der Waals surface area contributed by atoms with Crippen LogP contribution in [-0.2, 0) is 11.2 Å². The van der Waals surface area contributed by atoms with Crippen molar-refractivity contribution >= 4 is 5.91 Å². The highest BCUT2D eigenvalue weighted by Crippen LogP contribution is 2.30. The third kappa shape index (κ3) is 1.58. The number of carbonyl (C=O) groups is 1. The molecular formula is C11H13NO2. The van der Waals surface area contributed by atoms with Crippen LogP contribution in [0.15, 0.2) is 29.4 Å². The van der Waals surface area contributed by atoms with Crippen molar-refractivity contribution in [3.63, 3.8) is 0 Å². The lowest BCUT2D eigenvalue weighted by Gasteiger charge is -2.21. The normalized spacial score (nSPS) is 19.9. The van der Waals surface area contributed by atoms with Gasteiger partial charge in [0.2, 0.25) is 5.91 Å². The summed E-state index contributed by atoms with van der Waals surface area (Å²) in [7, 11) is 0. The van der Waals surface area contributed by atoms with E-state index in [4.69, 9.17) is 4.42 Å². The van der Waals surface area contributed by atoms with Crippen LogP contribution in [0.1, 0.15) is 30.2 Å². The Kier molecular flexibility index (Phi) is 2.39. The Morgan fingerprint density at radius 3 is 3.36 bits per heavy atom. The average Bonchev–Trinajstić information content (AvgIpc) is 2.66. The van der Waals surface area contributed by atoms with Crippen molar-refractivity contribution in [2.75, 3.05) is 0 Å². The summed E-state index contributed by atoms with van der Waals surface area (Å²) < 4.78 is 5.32. The van der Waals surface area contributed by atoms with Crippen molar-refractivity contribution in [1.29, 1.82) is 0 Å². The Morgan fingerprint density at radius 1 is 1.71 bits per heavy atom. The average molecular weight is 191 g/mol. The highest BCUT2D eigenvalue weighted by Gasteiger charge is 2.22. The first kappa shape index (κ1) is 9.06. The predicted octanol–water partition coefficient (Wildman–Crippen LogP) is 1.96. The van der Waals surface area contributed by atoms with Gasteiger partial charge in [-0.2, -0.15) is 0 Å². The summed E-state index contributed by atoms with van der Waals surface area (Å²) in [6.45, 7) is 3.43. The van der Waals surface area contributed by atoms with Crippen LogP contribution in [0.2, 0.25) is 0 Å². The van der Waals surface area contributed by atoms with Gasteiger partial charge in [-0.1, -0.05) is 6.58 Å². The molecule has 1 aliphatic carbocycles. The minimum absolute atomic E-state index is 0.1000. The fourth-order valence-corrected chi connectivity index (χ4v) is 1.87. The summed E-state index contributed by atoms with van der Waals surface area (Å²) in [4.78, 5) is 11.2. The standard InChI is InChI=1S/C11H13NO2/c1-2-11(13)12-9-4-3-5-10-8(9)6-7-14-10/h2,6-7,9H,1,3-5H2,(H,12,13)/t9-/m0/s1. The van der Waals surface area contributed by atoms with Crippen LogP contribution < -0.4 is 5.32 Å². The minimum Gasteiger partial charge on any atom is -0.469 e. The van der Waals surface area contributed by atoms with E-state index in [1.54, 1.807) is 6.26 Å². The van der Waals surface area contributed by atoms with Gasteiger partial charge < -0.3 is 9.73 Å². The van der Waals surface area contributed by atoms with E-state index in [0.717, 1.165) is 30.6 Å². The maximum atomic E-state index is 11.2. The molecular weight excluding hydrogens is 178 g/mol. The molecule has 1 aromatic rings. The molecule has 1 N–H and O–H groups in total. The molecule has 1 aromatic heterocycles. The van der Waals surface area contributed by atoms with Gasteiger partial charge >= 0.3 is 0 Å². The number of hydrogen-bond donors (Lipinski definition) is 1. The zero-order valence-corrected chi connectivity index (χ0v) is 7.95. The van der Waals surface area contributed by atoms with Crippen LogP contribution in [0, 0.1) is 0 Å². The van der Waals surface area contributed by atoms with Crippen molar-refractivity contribution in [2.45, 2.75) is 25.3 Å². The van der Waals surface area contributed by atoms with E-state index in [9.17, 15) is 4.79 Å². The van der Waals surface area contributed by atoms with Gasteiger partial charge in [0.25, 0.3) is 0 Å². The first-order valence-electron chi connectivity index (χ1n) is 4.80. The molecule has 0 aromatic carbocycles.